The number of thioether (sulfide) groups is 1. The van der Waals surface area contributed by atoms with Crippen molar-refractivity contribution >= 4 is 86.2 Å². The Morgan fingerprint density at radius 2 is 0.750 bits per heavy atom. The van der Waals surface area contributed by atoms with Gasteiger partial charge in [0.25, 0.3) is 0 Å². The third-order valence-electron chi connectivity index (χ3n) is 9.18. The van der Waals surface area contributed by atoms with E-state index < -0.39 is 141 Å². The summed E-state index contributed by atoms with van der Waals surface area (Å²) in [6, 6.07) is 19.6. The molecule has 1 nitrogen and oxygen atoms in total. The van der Waals surface area contributed by atoms with Crippen LogP contribution in [0.4, 0.5) is 70.2 Å². The molecule has 340 valence electrons. The summed E-state index contributed by atoms with van der Waals surface area (Å²) < 4.78 is 247. The maximum absolute atomic E-state index is 15.8. The van der Waals surface area contributed by atoms with Crippen molar-refractivity contribution in [1.82, 2.24) is 0 Å². The lowest BCUT2D eigenvalue weighted by molar-refractivity contribution is -0.601. The van der Waals surface area contributed by atoms with Crippen molar-refractivity contribution in [2.24, 2.45) is 0 Å². The van der Waals surface area contributed by atoms with E-state index in [9.17, 15) is 52.7 Å². The summed E-state index contributed by atoms with van der Waals surface area (Å²) in [4.78, 5) is 1.42. The van der Waals surface area contributed by atoms with Crippen molar-refractivity contribution in [1.29, 1.82) is 0 Å². The van der Waals surface area contributed by atoms with E-state index in [4.69, 9.17) is 51.1 Å². The minimum Gasteiger partial charge on any atom is -0.381 e. The smallest absolute Gasteiger partial charge is 0.359 e. The van der Waals surface area contributed by atoms with Gasteiger partial charge in [-0.3, -0.25) is 0 Å². The van der Waals surface area contributed by atoms with Gasteiger partial charge >= 0.3 is 21.2 Å². The third kappa shape index (κ3) is 9.12. The molecule has 0 heterocycles. The van der Waals surface area contributed by atoms with E-state index in [-0.39, 0.29) is 21.2 Å². The minimum atomic E-state index is -6.24. The van der Waals surface area contributed by atoms with Gasteiger partial charge in [0, 0.05) is 32.5 Å². The van der Waals surface area contributed by atoms with Crippen molar-refractivity contribution in [2.75, 3.05) is 19.0 Å². The topological polar surface area (TPSA) is 9.23 Å². The van der Waals surface area contributed by atoms with Crippen LogP contribution in [0.3, 0.4) is 0 Å². The molecule has 24 heteroatoms. The summed E-state index contributed by atoms with van der Waals surface area (Å²) in [5.41, 5.74) is -10.7. The van der Waals surface area contributed by atoms with Crippen molar-refractivity contribution in [3.8, 4) is 0 Å². The largest absolute Gasteiger partial charge is 0.381 e. The van der Waals surface area contributed by atoms with Crippen molar-refractivity contribution < 1.29 is 96.2 Å². The standard InChI is InChI=1S/C24BCl4F16.C16H18IOS/c26-5-1(9(30)17(38)21(42)13(5)34)25(2-6(27)14(35)22(43)18(39)10(2)31,3-7(28)15(36)23(44)19(40)11(3)32)4-8(29)16(37)24(45)20(41)12(4)33;1-2-18-12-13-19-16-11-7-6-10-15(16)17-14-8-4-3-5-9-14/h;3-11H,2,12-13H2,1H3/q-1;+1. The van der Waals surface area contributed by atoms with Crippen LogP contribution in [0, 0.1) is 100 Å². The fourth-order valence-electron chi connectivity index (χ4n) is 6.46. The van der Waals surface area contributed by atoms with Crippen molar-refractivity contribution in [2.45, 2.75) is 11.8 Å². The Morgan fingerprint density at radius 3 is 1.09 bits per heavy atom. The highest BCUT2D eigenvalue weighted by Gasteiger charge is 2.50. The molecule has 0 spiro atoms. The molecule has 0 bridgehead atoms. The lowest BCUT2D eigenvalue weighted by Gasteiger charge is -2.46. The quantitative estimate of drug-likeness (QED) is 0.0244. The van der Waals surface area contributed by atoms with Gasteiger partial charge in [-0.15, -0.1) is 33.6 Å². The van der Waals surface area contributed by atoms with Gasteiger partial charge in [-0.25, -0.2) is 70.2 Å². The van der Waals surface area contributed by atoms with Crippen molar-refractivity contribution in [3.05, 3.63) is 175 Å². The Morgan fingerprint density at radius 1 is 0.438 bits per heavy atom. The van der Waals surface area contributed by atoms with Gasteiger partial charge in [0.2, 0.25) is 3.57 Å². The number of hydrogen-bond donors (Lipinski definition) is 0. The highest BCUT2D eigenvalue weighted by molar-refractivity contribution is 7.99. The van der Waals surface area contributed by atoms with E-state index in [0.717, 1.165) is 19.0 Å². The first-order valence-electron chi connectivity index (χ1n) is 17.3. The molecule has 0 atom stereocenters. The number of hydrogen-bond acceptors (Lipinski definition) is 2. The second kappa shape index (κ2) is 21.0. The highest BCUT2D eigenvalue weighted by Crippen LogP contribution is 2.36. The van der Waals surface area contributed by atoms with E-state index in [0.29, 0.717) is 0 Å². The minimum absolute atomic E-state index is 0.0807. The number of ether oxygens (including phenoxy) is 1. The molecular weight excluding hydrogens is 1110 g/mol. The Labute approximate surface area is 385 Å². The second-order valence-electron chi connectivity index (χ2n) is 12.7. The molecule has 0 aliphatic heterocycles. The zero-order valence-electron chi connectivity index (χ0n) is 31.1. The first-order chi connectivity index (χ1) is 30.1. The summed E-state index contributed by atoms with van der Waals surface area (Å²) in [5, 5.41) is -9.69. The molecule has 6 aromatic rings. The highest BCUT2D eigenvalue weighted by atomic mass is 127. The van der Waals surface area contributed by atoms with Crippen LogP contribution in [0.1, 0.15) is 6.92 Å². The molecule has 64 heavy (non-hydrogen) atoms. The number of halogens is 21. The van der Waals surface area contributed by atoms with E-state index in [1.165, 1.54) is 12.0 Å². The second-order valence-corrected chi connectivity index (χ2v) is 18.3. The molecule has 6 aromatic carbocycles. The van der Waals surface area contributed by atoms with Gasteiger partial charge in [0.1, 0.15) is 29.4 Å². The molecule has 0 N–H and O–H groups in total. The third-order valence-corrected chi connectivity index (χ3v) is 14.9. The average molecular weight is 1130 g/mol. The van der Waals surface area contributed by atoms with Gasteiger partial charge in [-0.1, -0.05) is 76.7 Å². The monoisotopic (exact) mass is 1130 g/mol. The summed E-state index contributed by atoms with van der Waals surface area (Å²) in [6.45, 7) is 3.68. The normalized spacial score (nSPS) is 11.6. The summed E-state index contributed by atoms with van der Waals surface area (Å²) >= 11 is 24.1. The predicted octanol–water partition coefficient (Wildman–Crippen LogP) is 8.85. The average Bonchev–Trinajstić information content (AvgIpc) is 3.28. The Balaban J connectivity index is 0.000000337. The zero-order valence-corrected chi connectivity index (χ0v) is 37.1. The molecule has 0 amide bonds. The molecule has 0 fully saturated rings. The van der Waals surface area contributed by atoms with E-state index >= 15 is 17.6 Å². The van der Waals surface area contributed by atoms with Crippen molar-refractivity contribution in [3.63, 3.8) is 0 Å². The van der Waals surface area contributed by atoms with Gasteiger partial charge in [0.05, 0.1) is 11.5 Å². The molecule has 0 aromatic heterocycles. The van der Waals surface area contributed by atoms with Gasteiger partial charge in [0.15, 0.2) is 73.4 Å². The molecule has 0 aliphatic carbocycles. The lowest BCUT2D eigenvalue weighted by atomic mass is 9.12. The van der Waals surface area contributed by atoms with Gasteiger partial charge < -0.3 is 4.74 Å². The van der Waals surface area contributed by atoms with E-state index in [1.807, 2.05) is 18.7 Å². The van der Waals surface area contributed by atoms with E-state index in [2.05, 4.69) is 54.6 Å². The molecule has 0 aliphatic rings. The van der Waals surface area contributed by atoms with Crippen LogP contribution in [-0.4, -0.2) is 25.1 Å². The number of rotatable bonds is 11. The van der Waals surface area contributed by atoms with Crippen LogP contribution in [0.5, 0.6) is 0 Å². The SMILES string of the molecule is CCOCCSc1ccccc1[I+]c1ccccc1.Fc1c(F)c(F)c([B-](c2c(F)c(F)c(F)c(F)c2Cl)(c2c(F)c(F)c(F)c(F)c2Cl)c2c(F)c(F)c(F)c(F)c2Cl)c(Cl)c1F. The zero-order chi connectivity index (χ0) is 47.7. The molecule has 6 rings (SSSR count). The van der Waals surface area contributed by atoms with Crippen LogP contribution < -0.4 is 43.1 Å². The Kier molecular flexibility index (Phi) is 16.9. The maximum Gasteiger partial charge on any atom is 0.359 e. The first-order valence-corrected chi connectivity index (χ1v) is 22.0. The first kappa shape index (κ1) is 51.4. The van der Waals surface area contributed by atoms with Crippen LogP contribution >= 0.6 is 58.2 Å². The summed E-state index contributed by atoms with van der Waals surface area (Å²) in [7, 11) is 0. The molecule has 0 unspecified atom stereocenters. The summed E-state index contributed by atoms with van der Waals surface area (Å²) in [5.74, 6) is -47.3. The predicted molar refractivity (Wildman–Crippen MR) is 207 cm³/mol. The van der Waals surface area contributed by atoms with Crippen LogP contribution in [0.25, 0.3) is 0 Å². The summed E-state index contributed by atoms with van der Waals surface area (Å²) in [6.07, 6.45) is -6.24. The molecule has 0 saturated carbocycles. The molecular formula is C40H18BCl4F16IOS. The Hall–Kier alpha value is -3.54. The maximum atomic E-state index is 15.8. The van der Waals surface area contributed by atoms with Crippen LogP contribution in [0.2, 0.25) is 20.1 Å². The molecule has 0 radical (unpaired) electrons. The van der Waals surface area contributed by atoms with Gasteiger partial charge in [-0.05, 0) is 31.2 Å². The number of benzene rings is 6. The lowest BCUT2D eigenvalue weighted by Crippen LogP contribution is -3.61. The fraction of sp³-hybridized carbons (Fsp3) is 0.100. The van der Waals surface area contributed by atoms with Crippen LogP contribution in [0.15, 0.2) is 59.5 Å². The van der Waals surface area contributed by atoms with E-state index in [1.54, 1.807) is 0 Å². The Bertz CT molecular complexity index is 2390. The van der Waals surface area contributed by atoms with Crippen LogP contribution in [-0.2, 0) is 4.74 Å². The fourth-order valence-corrected chi connectivity index (χ4v) is 11.6. The van der Waals surface area contributed by atoms with Gasteiger partial charge in [-0.2, -0.15) is 0 Å². The molecule has 0 saturated heterocycles.